The first-order valence-corrected chi connectivity index (χ1v) is 8.35. The molecule has 0 aliphatic heterocycles. The van der Waals surface area contributed by atoms with Gasteiger partial charge in [0.05, 0.1) is 4.47 Å². The van der Waals surface area contributed by atoms with E-state index in [1.807, 2.05) is 20.0 Å². The maximum absolute atomic E-state index is 12.3. The van der Waals surface area contributed by atoms with Crippen LogP contribution in [0.2, 0.25) is 0 Å². The van der Waals surface area contributed by atoms with Gasteiger partial charge >= 0.3 is 0 Å². The number of aromatic nitrogens is 2. The lowest BCUT2D eigenvalue weighted by molar-refractivity contribution is 0.0904. The molecule has 1 atom stereocenters. The Morgan fingerprint density at radius 1 is 1.33 bits per heavy atom. The summed E-state index contributed by atoms with van der Waals surface area (Å²) in [6.07, 6.45) is 1.83. The number of rotatable bonds is 7. The second-order valence-corrected chi connectivity index (χ2v) is 6.79. The molecule has 21 heavy (non-hydrogen) atoms. The van der Waals surface area contributed by atoms with Crippen molar-refractivity contribution in [3.05, 3.63) is 16.4 Å². The average Bonchev–Trinajstić information content (AvgIpc) is 2.76. The van der Waals surface area contributed by atoms with Crippen molar-refractivity contribution in [2.45, 2.75) is 66.2 Å². The van der Waals surface area contributed by atoms with Crippen LogP contribution < -0.4 is 5.32 Å². The SMILES string of the molecule is CCn1cc(Br)c(C(=O)NC(C)CN(C(C)C)C(C)C)n1. The number of nitrogens with one attached hydrogen (secondary N) is 1. The molecule has 0 spiro atoms. The van der Waals surface area contributed by atoms with E-state index in [1.165, 1.54) is 0 Å². The van der Waals surface area contributed by atoms with Gasteiger partial charge in [-0.3, -0.25) is 14.4 Å². The fraction of sp³-hybridized carbons (Fsp3) is 0.733. The first-order valence-electron chi connectivity index (χ1n) is 7.55. The van der Waals surface area contributed by atoms with Crippen LogP contribution >= 0.6 is 15.9 Å². The van der Waals surface area contributed by atoms with E-state index < -0.39 is 0 Å². The first kappa shape index (κ1) is 18.2. The Hall–Kier alpha value is -0.880. The summed E-state index contributed by atoms with van der Waals surface area (Å²) >= 11 is 3.39. The van der Waals surface area contributed by atoms with Crippen molar-refractivity contribution in [2.24, 2.45) is 0 Å². The maximum Gasteiger partial charge on any atom is 0.273 e. The normalized spacial score (nSPS) is 13.2. The van der Waals surface area contributed by atoms with Crippen molar-refractivity contribution < 1.29 is 4.79 Å². The Bertz CT molecular complexity index is 462. The van der Waals surface area contributed by atoms with Crippen LogP contribution in [0.4, 0.5) is 0 Å². The van der Waals surface area contributed by atoms with E-state index in [0.29, 0.717) is 17.8 Å². The van der Waals surface area contributed by atoms with Gasteiger partial charge in [-0.05, 0) is 57.5 Å². The van der Waals surface area contributed by atoms with Gasteiger partial charge in [0.1, 0.15) is 0 Å². The largest absolute Gasteiger partial charge is 0.347 e. The molecule has 0 aliphatic carbocycles. The van der Waals surface area contributed by atoms with Crippen LogP contribution in [-0.2, 0) is 6.54 Å². The highest BCUT2D eigenvalue weighted by Gasteiger charge is 2.20. The Morgan fingerprint density at radius 2 is 1.90 bits per heavy atom. The monoisotopic (exact) mass is 358 g/mol. The molecule has 1 aromatic rings. The minimum Gasteiger partial charge on any atom is -0.347 e. The first-order chi connectivity index (χ1) is 9.76. The van der Waals surface area contributed by atoms with Gasteiger partial charge in [-0.2, -0.15) is 5.10 Å². The smallest absolute Gasteiger partial charge is 0.273 e. The lowest BCUT2D eigenvalue weighted by Gasteiger charge is -2.33. The van der Waals surface area contributed by atoms with Crippen LogP contribution in [0.25, 0.3) is 0 Å². The van der Waals surface area contributed by atoms with Crippen molar-refractivity contribution in [3.8, 4) is 0 Å². The maximum atomic E-state index is 12.3. The van der Waals surface area contributed by atoms with Gasteiger partial charge in [-0.15, -0.1) is 0 Å². The number of carbonyl (C=O) groups is 1. The molecule has 1 heterocycles. The van der Waals surface area contributed by atoms with E-state index >= 15 is 0 Å². The summed E-state index contributed by atoms with van der Waals surface area (Å²) in [6, 6.07) is 0.978. The summed E-state index contributed by atoms with van der Waals surface area (Å²) in [5.74, 6) is -0.131. The summed E-state index contributed by atoms with van der Waals surface area (Å²) < 4.78 is 2.48. The highest BCUT2D eigenvalue weighted by Crippen LogP contribution is 2.15. The van der Waals surface area contributed by atoms with Crippen LogP contribution in [0.3, 0.4) is 0 Å². The predicted octanol–water partition coefficient (Wildman–Crippen LogP) is 2.90. The van der Waals surface area contributed by atoms with Gasteiger partial charge in [-0.25, -0.2) is 0 Å². The quantitative estimate of drug-likeness (QED) is 0.815. The number of aryl methyl sites for hydroxylation is 1. The van der Waals surface area contributed by atoms with Gasteiger partial charge in [0.15, 0.2) is 5.69 Å². The zero-order chi connectivity index (χ0) is 16.2. The van der Waals surface area contributed by atoms with Gasteiger partial charge in [0.2, 0.25) is 0 Å². The molecule has 5 nitrogen and oxygen atoms in total. The van der Waals surface area contributed by atoms with Crippen LogP contribution in [0.15, 0.2) is 10.7 Å². The zero-order valence-corrected chi connectivity index (χ0v) is 15.4. The molecule has 6 heteroatoms. The lowest BCUT2D eigenvalue weighted by Crippen LogP contribution is -2.47. The summed E-state index contributed by atoms with van der Waals surface area (Å²) in [5.41, 5.74) is 0.448. The molecular weight excluding hydrogens is 332 g/mol. The van der Waals surface area contributed by atoms with Crippen molar-refractivity contribution in [3.63, 3.8) is 0 Å². The topological polar surface area (TPSA) is 50.2 Å². The zero-order valence-electron chi connectivity index (χ0n) is 13.9. The number of nitrogens with zero attached hydrogens (tertiary/aromatic N) is 3. The third-order valence-electron chi connectivity index (χ3n) is 3.44. The van der Waals surface area contributed by atoms with E-state index in [0.717, 1.165) is 17.6 Å². The van der Waals surface area contributed by atoms with Gasteiger partial charge in [0.25, 0.3) is 5.91 Å². The minimum absolute atomic E-state index is 0.0703. The highest BCUT2D eigenvalue weighted by molar-refractivity contribution is 9.10. The Morgan fingerprint density at radius 3 is 2.33 bits per heavy atom. The summed E-state index contributed by atoms with van der Waals surface area (Å²) in [4.78, 5) is 14.7. The lowest BCUT2D eigenvalue weighted by atomic mass is 10.2. The fourth-order valence-corrected chi connectivity index (χ4v) is 2.88. The molecular formula is C15H27BrN4O. The Kier molecular flexibility index (Phi) is 6.87. The number of halogens is 1. The molecule has 1 rings (SSSR count). The molecule has 0 saturated carbocycles. The van der Waals surface area contributed by atoms with Crippen molar-refractivity contribution in [2.75, 3.05) is 6.54 Å². The van der Waals surface area contributed by atoms with E-state index in [-0.39, 0.29) is 11.9 Å². The molecule has 1 unspecified atom stereocenters. The second kappa shape index (κ2) is 7.94. The summed E-state index contributed by atoms with van der Waals surface area (Å²) in [5, 5.41) is 7.30. The second-order valence-electron chi connectivity index (χ2n) is 5.94. The molecule has 0 radical (unpaired) electrons. The number of hydrogen-bond donors (Lipinski definition) is 1. The van der Waals surface area contributed by atoms with Crippen molar-refractivity contribution in [1.82, 2.24) is 20.0 Å². The standard InChI is InChI=1S/C15H27BrN4O/c1-7-19-9-13(16)14(18-19)15(21)17-12(6)8-20(10(2)3)11(4)5/h9-12H,7-8H2,1-6H3,(H,17,21). The molecule has 1 N–H and O–H groups in total. The number of carbonyl (C=O) groups excluding carboxylic acids is 1. The minimum atomic E-state index is -0.131. The van der Waals surface area contributed by atoms with Crippen LogP contribution in [0.5, 0.6) is 0 Å². The predicted molar refractivity (Wildman–Crippen MR) is 89.5 cm³/mol. The van der Waals surface area contributed by atoms with Gasteiger partial charge in [0, 0.05) is 37.4 Å². The Balaban J connectivity index is 2.67. The molecule has 0 saturated heterocycles. The Labute approximate surface area is 136 Å². The summed E-state index contributed by atoms with van der Waals surface area (Å²) in [6.45, 7) is 14.3. The molecule has 120 valence electrons. The van der Waals surface area contributed by atoms with E-state index in [1.54, 1.807) is 4.68 Å². The number of amides is 1. The molecule has 1 aromatic heterocycles. The van der Waals surface area contributed by atoms with Crippen LogP contribution in [0.1, 0.15) is 52.0 Å². The number of hydrogen-bond acceptors (Lipinski definition) is 3. The van der Waals surface area contributed by atoms with E-state index in [4.69, 9.17) is 0 Å². The average molecular weight is 359 g/mol. The van der Waals surface area contributed by atoms with Gasteiger partial charge < -0.3 is 5.32 Å². The molecule has 0 aliphatic rings. The fourth-order valence-electron chi connectivity index (χ4n) is 2.38. The van der Waals surface area contributed by atoms with E-state index in [2.05, 4.69) is 58.9 Å². The molecule has 0 aromatic carbocycles. The summed E-state index contributed by atoms with van der Waals surface area (Å²) in [7, 11) is 0. The van der Waals surface area contributed by atoms with Crippen molar-refractivity contribution >= 4 is 21.8 Å². The third kappa shape index (κ3) is 5.11. The molecule has 0 fully saturated rings. The van der Waals surface area contributed by atoms with E-state index in [9.17, 15) is 4.79 Å². The third-order valence-corrected chi connectivity index (χ3v) is 4.03. The molecule has 1 amide bonds. The molecule has 0 bridgehead atoms. The highest BCUT2D eigenvalue weighted by atomic mass is 79.9. The van der Waals surface area contributed by atoms with Crippen LogP contribution in [0, 0.1) is 0 Å². The van der Waals surface area contributed by atoms with Gasteiger partial charge in [-0.1, -0.05) is 0 Å². The van der Waals surface area contributed by atoms with Crippen LogP contribution in [-0.4, -0.2) is 45.3 Å². The van der Waals surface area contributed by atoms with Crippen molar-refractivity contribution in [1.29, 1.82) is 0 Å².